The van der Waals surface area contributed by atoms with E-state index in [2.05, 4.69) is 4.90 Å². The Morgan fingerprint density at radius 3 is 2.22 bits per heavy atom. The Labute approximate surface area is 162 Å². The van der Waals surface area contributed by atoms with Crippen LogP contribution in [-0.2, 0) is 14.8 Å². The van der Waals surface area contributed by atoms with Crippen LogP contribution in [0.1, 0.15) is 37.0 Å². The molecule has 0 saturated carbocycles. The van der Waals surface area contributed by atoms with Gasteiger partial charge in [0.2, 0.25) is 10.0 Å². The van der Waals surface area contributed by atoms with Gasteiger partial charge in [-0.25, -0.2) is 12.7 Å². The van der Waals surface area contributed by atoms with Gasteiger partial charge in [0, 0.05) is 46.0 Å². The molecule has 0 spiro atoms. The molecular weight excluding hydrogens is 366 g/mol. The van der Waals surface area contributed by atoms with E-state index in [1.54, 1.807) is 12.1 Å². The van der Waals surface area contributed by atoms with Crippen LogP contribution in [0.5, 0.6) is 0 Å². The first-order valence-electron chi connectivity index (χ1n) is 9.51. The summed E-state index contributed by atoms with van der Waals surface area (Å²) in [5, 5.41) is 0. The van der Waals surface area contributed by atoms with Gasteiger partial charge in [-0.1, -0.05) is 13.8 Å². The molecule has 1 saturated heterocycles. The zero-order valence-electron chi connectivity index (χ0n) is 16.8. The van der Waals surface area contributed by atoms with Crippen LogP contribution in [0.25, 0.3) is 0 Å². The highest BCUT2D eigenvalue weighted by atomic mass is 32.2. The Balaban J connectivity index is 2.52. The molecule has 7 nitrogen and oxygen atoms in total. The van der Waals surface area contributed by atoms with Crippen molar-refractivity contribution in [3.8, 4) is 0 Å². The van der Waals surface area contributed by atoms with E-state index >= 15 is 0 Å². The van der Waals surface area contributed by atoms with E-state index in [1.165, 1.54) is 24.5 Å². The Hall–Kier alpha value is -1.64. The van der Waals surface area contributed by atoms with Gasteiger partial charge < -0.3 is 14.5 Å². The number of anilines is 1. The second-order valence-corrected chi connectivity index (χ2v) is 9.01. The van der Waals surface area contributed by atoms with Crippen molar-refractivity contribution in [1.82, 2.24) is 9.21 Å². The third-order valence-corrected chi connectivity index (χ3v) is 6.41. The van der Waals surface area contributed by atoms with Crippen LogP contribution in [0, 0.1) is 0 Å². The van der Waals surface area contributed by atoms with Crippen molar-refractivity contribution in [2.75, 3.05) is 58.4 Å². The normalized spacial score (nSPS) is 15.2. The van der Waals surface area contributed by atoms with Crippen molar-refractivity contribution in [2.45, 2.75) is 31.6 Å². The summed E-state index contributed by atoms with van der Waals surface area (Å²) in [5.74, 6) is -0.115. The van der Waals surface area contributed by atoms with E-state index in [-0.39, 0.29) is 10.8 Å². The van der Waals surface area contributed by atoms with E-state index in [4.69, 9.17) is 4.74 Å². The summed E-state index contributed by atoms with van der Waals surface area (Å²) < 4.78 is 31.7. The fourth-order valence-electron chi connectivity index (χ4n) is 3.16. The number of sulfonamides is 1. The topological polar surface area (TPSA) is 70.2 Å². The second-order valence-electron chi connectivity index (χ2n) is 6.86. The molecule has 2 rings (SSSR count). The van der Waals surface area contributed by atoms with Crippen molar-refractivity contribution >= 4 is 21.6 Å². The number of amides is 1. The lowest BCUT2D eigenvalue weighted by molar-refractivity contribution is 0.0754. The Bertz CT molecular complexity index is 737. The van der Waals surface area contributed by atoms with Crippen molar-refractivity contribution in [2.24, 2.45) is 0 Å². The van der Waals surface area contributed by atoms with Crippen LogP contribution in [-0.4, -0.2) is 77.0 Å². The van der Waals surface area contributed by atoms with E-state index in [0.717, 1.165) is 18.5 Å². The molecule has 0 radical (unpaired) electrons. The predicted octanol–water partition coefficient (Wildman–Crippen LogP) is 2.04. The molecule has 27 heavy (non-hydrogen) atoms. The van der Waals surface area contributed by atoms with Crippen LogP contribution < -0.4 is 4.90 Å². The molecule has 152 valence electrons. The Morgan fingerprint density at radius 1 is 1.11 bits per heavy atom. The van der Waals surface area contributed by atoms with Crippen molar-refractivity contribution in [3.05, 3.63) is 23.8 Å². The van der Waals surface area contributed by atoms with E-state index in [9.17, 15) is 13.2 Å². The van der Waals surface area contributed by atoms with Gasteiger partial charge in [0.05, 0.1) is 23.7 Å². The van der Waals surface area contributed by atoms with Gasteiger partial charge in [-0.15, -0.1) is 0 Å². The molecule has 1 aliphatic rings. The first kappa shape index (κ1) is 21.7. The maximum atomic E-state index is 13.3. The third-order valence-electron chi connectivity index (χ3n) is 4.60. The van der Waals surface area contributed by atoms with Gasteiger partial charge in [-0.3, -0.25) is 4.79 Å². The van der Waals surface area contributed by atoms with Crippen LogP contribution in [0.15, 0.2) is 23.1 Å². The summed E-state index contributed by atoms with van der Waals surface area (Å²) in [6.45, 7) is 7.93. The van der Waals surface area contributed by atoms with Gasteiger partial charge in [0.25, 0.3) is 5.91 Å². The molecule has 0 atom stereocenters. The molecule has 0 N–H and O–H groups in total. The van der Waals surface area contributed by atoms with Crippen molar-refractivity contribution in [3.63, 3.8) is 0 Å². The predicted molar refractivity (Wildman–Crippen MR) is 107 cm³/mol. The molecular formula is C19H31N3O4S. The second kappa shape index (κ2) is 9.52. The molecule has 0 aromatic heterocycles. The fourth-order valence-corrected chi connectivity index (χ4v) is 4.09. The number of ether oxygens (including phenoxy) is 1. The van der Waals surface area contributed by atoms with Gasteiger partial charge >= 0.3 is 0 Å². The molecule has 0 unspecified atom stereocenters. The summed E-state index contributed by atoms with van der Waals surface area (Å²) in [7, 11) is -0.625. The van der Waals surface area contributed by atoms with Crippen LogP contribution in [0.3, 0.4) is 0 Å². The summed E-state index contributed by atoms with van der Waals surface area (Å²) in [4.78, 5) is 17.3. The first-order valence-corrected chi connectivity index (χ1v) is 11.0. The number of nitrogens with zero attached hydrogens (tertiary/aromatic N) is 3. The van der Waals surface area contributed by atoms with Gasteiger partial charge in [-0.2, -0.15) is 0 Å². The molecule has 1 aliphatic heterocycles. The van der Waals surface area contributed by atoms with E-state index in [1.807, 2.05) is 18.7 Å². The quantitative estimate of drug-likeness (QED) is 0.671. The van der Waals surface area contributed by atoms with Gasteiger partial charge in [-0.05, 0) is 31.0 Å². The summed E-state index contributed by atoms with van der Waals surface area (Å²) >= 11 is 0. The Morgan fingerprint density at radius 2 is 1.70 bits per heavy atom. The zero-order valence-corrected chi connectivity index (χ0v) is 17.6. The average Bonchev–Trinajstić information content (AvgIpc) is 2.67. The molecule has 1 aromatic rings. The molecule has 1 amide bonds. The minimum absolute atomic E-state index is 0.115. The van der Waals surface area contributed by atoms with Crippen molar-refractivity contribution in [1.29, 1.82) is 0 Å². The monoisotopic (exact) mass is 397 g/mol. The number of morpholine rings is 1. The SMILES string of the molecule is CCCN(CCC)C(=O)c1cc(S(=O)(=O)N(C)C)ccc1N1CCOCC1. The number of hydrogen-bond acceptors (Lipinski definition) is 5. The minimum atomic E-state index is -3.61. The maximum absolute atomic E-state index is 13.3. The molecule has 1 heterocycles. The molecule has 1 aromatic carbocycles. The molecule has 8 heteroatoms. The fraction of sp³-hybridized carbons (Fsp3) is 0.632. The highest BCUT2D eigenvalue weighted by molar-refractivity contribution is 7.89. The largest absolute Gasteiger partial charge is 0.378 e. The van der Waals surface area contributed by atoms with E-state index in [0.29, 0.717) is 45.0 Å². The third kappa shape index (κ3) is 5.00. The number of rotatable bonds is 8. The summed E-state index contributed by atoms with van der Waals surface area (Å²) in [6, 6.07) is 4.87. The summed E-state index contributed by atoms with van der Waals surface area (Å²) in [6.07, 6.45) is 1.71. The van der Waals surface area contributed by atoms with Gasteiger partial charge in [0.1, 0.15) is 0 Å². The van der Waals surface area contributed by atoms with Crippen molar-refractivity contribution < 1.29 is 17.9 Å². The molecule has 0 bridgehead atoms. The van der Waals surface area contributed by atoms with Crippen LogP contribution in [0.4, 0.5) is 5.69 Å². The van der Waals surface area contributed by atoms with Crippen LogP contribution in [0.2, 0.25) is 0 Å². The first-order chi connectivity index (χ1) is 12.8. The number of benzene rings is 1. The zero-order chi connectivity index (χ0) is 20.0. The van der Waals surface area contributed by atoms with Crippen LogP contribution >= 0.6 is 0 Å². The average molecular weight is 398 g/mol. The highest BCUT2D eigenvalue weighted by Crippen LogP contribution is 2.27. The standard InChI is InChI=1S/C19H31N3O4S/c1-5-9-22(10-6-2)19(23)17-15-16(27(24,25)20(3)4)7-8-18(17)21-11-13-26-14-12-21/h7-8,15H,5-6,9-14H2,1-4H3. The van der Waals surface area contributed by atoms with Gasteiger partial charge in [0.15, 0.2) is 0 Å². The van der Waals surface area contributed by atoms with E-state index < -0.39 is 10.0 Å². The highest BCUT2D eigenvalue weighted by Gasteiger charge is 2.26. The number of carbonyl (C=O) groups excluding carboxylic acids is 1. The minimum Gasteiger partial charge on any atom is -0.378 e. The maximum Gasteiger partial charge on any atom is 0.256 e. The number of hydrogen-bond donors (Lipinski definition) is 0. The molecule has 1 fully saturated rings. The lowest BCUT2D eigenvalue weighted by Gasteiger charge is -2.32. The lowest BCUT2D eigenvalue weighted by atomic mass is 10.1. The lowest BCUT2D eigenvalue weighted by Crippen LogP contribution is -2.39. The smallest absolute Gasteiger partial charge is 0.256 e. The molecule has 0 aliphatic carbocycles. The summed E-state index contributed by atoms with van der Waals surface area (Å²) in [5.41, 5.74) is 1.22. The Kier molecular flexibility index (Phi) is 7.64. The number of carbonyl (C=O) groups is 1.